The molecule has 6 nitrogen and oxygen atoms in total. The van der Waals surface area contributed by atoms with Crippen LogP contribution in [0.5, 0.6) is 0 Å². The lowest BCUT2D eigenvalue weighted by Gasteiger charge is -2.18. The molecule has 0 aromatic heterocycles. The Morgan fingerprint density at radius 2 is 0.528 bits per heavy atom. The van der Waals surface area contributed by atoms with Crippen molar-refractivity contribution in [3.8, 4) is 0 Å². The highest BCUT2D eigenvalue weighted by Crippen LogP contribution is 2.16. The first-order chi connectivity index (χ1) is 35.5. The maximum Gasteiger partial charge on any atom is 0.306 e. The van der Waals surface area contributed by atoms with E-state index in [0.29, 0.717) is 19.3 Å². The minimum Gasteiger partial charge on any atom is -0.462 e. The molecule has 0 aliphatic rings. The summed E-state index contributed by atoms with van der Waals surface area (Å²) in [6.07, 6.45) is 77.7. The lowest BCUT2D eigenvalue weighted by atomic mass is 10.0. The van der Waals surface area contributed by atoms with Crippen molar-refractivity contribution >= 4 is 17.9 Å². The van der Waals surface area contributed by atoms with Crippen LogP contribution in [0.4, 0.5) is 0 Å². The summed E-state index contributed by atoms with van der Waals surface area (Å²) >= 11 is 0. The van der Waals surface area contributed by atoms with Gasteiger partial charge in [0.25, 0.3) is 0 Å². The van der Waals surface area contributed by atoms with Gasteiger partial charge in [0.15, 0.2) is 6.10 Å². The van der Waals surface area contributed by atoms with Gasteiger partial charge in [-0.3, -0.25) is 14.4 Å². The van der Waals surface area contributed by atoms with Crippen molar-refractivity contribution in [1.82, 2.24) is 0 Å². The molecule has 0 bridgehead atoms. The van der Waals surface area contributed by atoms with Gasteiger partial charge in [-0.05, 0) is 109 Å². The zero-order valence-electron chi connectivity index (χ0n) is 47.7. The SMILES string of the molecule is CCC/C=C\CCCCCCCC(=O)OCC(COC(=O)CCCCCCCCCCCCCC/C=C\C/C=C\C/C=C\CCCCCCC)OC(=O)CCCCCCCCC/C=C\C/C=C\CCCCC. The molecule has 0 aromatic carbocycles. The van der Waals surface area contributed by atoms with Crippen molar-refractivity contribution in [3.63, 3.8) is 0 Å². The van der Waals surface area contributed by atoms with Crippen molar-refractivity contribution in [2.45, 2.75) is 316 Å². The first kappa shape index (κ1) is 68.8. The Labute approximate surface area is 446 Å². The van der Waals surface area contributed by atoms with Crippen LogP contribution in [0.3, 0.4) is 0 Å². The summed E-state index contributed by atoms with van der Waals surface area (Å²) in [5.41, 5.74) is 0. The predicted molar refractivity (Wildman–Crippen MR) is 311 cm³/mol. The molecule has 72 heavy (non-hydrogen) atoms. The molecule has 0 aliphatic carbocycles. The van der Waals surface area contributed by atoms with E-state index >= 15 is 0 Å². The van der Waals surface area contributed by atoms with Crippen LogP contribution >= 0.6 is 0 Å². The number of hydrogen-bond donors (Lipinski definition) is 0. The quantitative estimate of drug-likeness (QED) is 0.0261. The molecular weight excluding hydrogens is 889 g/mol. The van der Waals surface area contributed by atoms with Gasteiger partial charge in [0, 0.05) is 19.3 Å². The Morgan fingerprint density at radius 1 is 0.278 bits per heavy atom. The summed E-state index contributed by atoms with van der Waals surface area (Å²) in [6.45, 7) is 6.55. The molecule has 1 atom stereocenters. The molecule has 0 fully saturated rings. The summed E-state index contributed by atoms with van der Waals surface area (Å²) < 4.78 is 16.9. The van der Waals surface area contributed by atoms with E-state index in [1.165, 1.54) is 173 Å². The first-order valence-corrected chi connectivity index (χ1v) is 30.9. The Hall–Kier alpha value is -3.15. The van der Waals surface area contributed by atoms with Crippen LogP contribution in [0.15, 0.2) is 72.9 Å². The van der Waals surface area contributed by atoms with Crippen LogP contribution < -0.4 is 0 Å². The monoisotopic (exact) mass is 1000 g/mol. The summed E-state index contributed by atoms with van der Waals surface area (Å²) in [5, 5.41) is 0. The fraction of sp³-hybridized carbons (Fsp3) is 0.773. The van der Waals surface area contributed by atoms with Crippen LogP contribution in [0.2, 0.25) is 0 Å². The predicted octanol–water partition coefficient (Wildman–Crippen LogP) is 20.9. The second kappa shape index (κ2) is 60.4. The summed E-state index contributed by atoms with van der Waals surface area (Å²) in [4.78, 5) is 38.1. The molecule has 0 amide bonds. The van der Waals surface area contributed by atoms with Crippen LogP contribution in [-0.4, -0.2) is 37.2 Å². The largest absolute Gasteiger partial charge is 0.462 e. The van der Waals surface area contributed by atoms with Gasteiger partial charge in [-0.25, -0.2) is 0 Å². The Bertz CT molecular complexity index is 1340. The summed E-state index contributed by atoms with van der Waals surface area (Å²) in [5.74, 6) is -0.892. The van der Waals surface area contributed by atoms with Crippen molar-refractivity contribution in [1.29, 1.82) is 0 Å². The molecule has 0 heterocycles. The maximum atomic E-state index is 12.9. The van der Waals surface area contributed by atoms with Crippen molar-refractivity contribution in [2.24, 2.45) is 0 Å². The number of unbranched alkanes of at least 4 members (excludes halogenated alkanes) is 33. The first-order valence-electron chi connectivity index (χ1n) is 30.9. The van der Waals surface area contributed by atoms with E-state index in [9.17, 15) is 14.4 Å². The van der Waals surface area contributed by atoms with E-state index in [1.807, 2.05) is 0 Å². The Balaban J connectivity index is 4.22. The molecule has 1 unspecified atom stereocenters. The number of esters is 3. The topological polar surface area (TPSA) is 78.9 Å². The number of allylic oxidation sites excluding steroid dienone is 12. The zero-order chi connectivity index (χ0) is 52.2. The van der Waals surface area contributed by atoms with Crippen LogP contribution in [-0.2, 0) is 28.6 Å². The molecule has 0 saturated heterocycles. The van der Waals surface area contributed by atoms with E-state index in [1.54, 1.807) is 0 Å². The lowest BCUT2D eigenvalue weighted by Crippen LogP contribution is -2.30. The summed E-state index contributed by atoms with van der Waals surface area (Å²) in [7, 11) is 0. The van der Waals surface area contributed by atoms with Gasteiger partial charge in [0.2, 0.25) is 0 Å². The highest BCUT2D eigenvalue weighted by molar-refractivity contribution is 5.71. The zero-order valence-corrected chi connectivity index (χ0v) is 47.7. The average Bonchev–Trinajstić information content (AvgIpc) is 3.38. The van der Waals surface area contributed by atoms with Gasteiger partial charge in [0.1, 0.15) is 13.2 Å². The van der Waals surface area contributed by atoms with Gasteiger partial charge in [-0.1, -0.05) is 254 Å². The average molecular weight is 1010 g/mol. The molecule has 6 heteroatoms. The minimum absolute atomic E-state index is 0.0812. The van der Waals surface area contributed by atoms with E-state index in [-0.39, 0.29) is 31.1 Å². The van der Waals surface area contributed by atoms with Crippen LogP contribution in [0, 0.1) is 0 Å². The fourth-order valence-corrected chi connectivity index (χ4v) is 8.72. The molecule has 0 saturated carbocycles. The Kier molecular flexibility index (Phi) is 57.8. The molecule has 0 spiro atoms. The minimum atomic E-state index is -0.783. The Morgan fingerprint density at radius 3 is 0.875 bits per heavy atom. The van der Waals surface area contributed by atoms with Crippen molar-refractivity contribution < 1.29 is 28.6 Å². The highest BCUT2D eigenvalue weighted by Gasteiger charge is 2.19. The maximum absolute atomic E-state index is 12.9. The highest BCUT2D eigenvalue weighted by atomic mass is 16.6. The van der Waals surface area contributed by atoms with Gasteiger partial charge < -0.3 is 14.2 Å². The lowest BCUT2D eigenvalue weighted by molar-refractivity contribution is -0.167. The number of hydrogen-bond acceptors (Lipinski definition) is 6. The summed E-state index contributed by atoms with van der Waals surface area (Å²) in [6, 6.07) is 0. The molecular formula is C66H116O6. The van der Waals surface area contributed by atoms with Crippen LogP contribution in [0.25, 0.3) is 0 Å². The molecule has 0 aliphatic heterocycles. The number of carbonyl (C=O) groups excluding carboxylic acids is 3. The molecule has 416 valence electrons. The third-order valence-corrected chi connectivity index (χ3v) is 13.4. The number of rotatable bonds is 56. The molecule has 0 aromatic rings. The van der Waals surface area contributed by atoms with Crippen molar-refractivity contribution in [3.05, 3.63) is 72.9 Å². The molecule has 0 rings (SSSR count). The van der Waals surface area contributed by atoms with E-state index in [2.05, 4.69) is 93.7 Å². The van der Waals surface area contributed by atoms with Gasteiger partial charge in [-0.15, -0.1) is 0 Å². The number of carbonyl (C=O) groups is 3. The van der Waals surface area contributed by atoms with Gasteiger partial charge in [0.05, 0.1) is 0 Å². The third kappa shape index (κ3) is 57.7. The normalized spacial score (nSPS) is 12.5. The number of ether oxygens (including phenoxy) is 3. The standard InChI is InChI=1S/C66H116O6/c1-4-7-10-13-16-19-22-24-26-28-29-30-31-32-33-34-35-36-37-39-40-42-44-47-50-53-56-59-65(68)71-62-63(61-70-64(67)58-55-52-49-46-21-18-15-12-9-6-3)72-66(69)60-57-54-51-48-45-43-41-38-27-25-23-20-17-14-11-8-5-2/h12,15,17,20,22,24-25,27-29,31-32,63H,4-11,13-14,16,18-19,21,23,26,30,33-62H2,1-3H3/b15-12-,20-17-,24-22-,27-25-,29-28-,32-31-. The molecule has 0 N–H and O–H groups in total. The second-order valence-corrected chi connectivity index (χ2v) is 20.6. The van der Waals surface area contributed by atoms with E-state index in [0.717, 1.165) is 96.3 Å². The smallest absolute Gasteiger partial charge is 0.306 e. The van der Waals surface area contributed by atoms with E-state index < -0.39 is 6.10 Å². The molecule has 0 radical (unpaired) electrons. The second-order valence-electron chi connectivity index (χ2n) is 20.6. The van der Waals surface area contributed by atoms with Gasteiger partial charge >= 0.3 is 17.9 Å². The third-order valence-electron chi connectivity index (χ3n) is 13.4. The fourth-order valence-electron chi connectivity index (χ4n) is 8.72. The van der Waals surface area contributed by atoms with E-state index in [4.69, 9.17) is 14.2 Å². The van der Waals surface area contributed by atoms with Crippen molar-refractivity contribution in [2.75, 3.05) is 13.2 Å². The van der Waals surface area contributed by atoms with Crippen LogP contribution in [0.1, 0.15) is 310 Å². The van der Waals surface area contributed by atoms with Gasteiger partial charge in [-0.2, -0.15) is 0 Å².